The number of amides is 3. The maximum atomic E-state index is 14.9. The van der Waals surface area contributed by atoms with E-state index >= 15 is 0 Å². The molecule has 1 saturated heterocycles. The van der Waals surface area contributed by atoms with E-state index in [9.17, 15) is 14.0 Å². The molecule has 150 valence electrons. The van der Waals surface area contributed by atoms with Gasteiger partial charge in [0, 0.05) is 51.4 Å². The van der Waals surface area contributed by atoms with Crippen LogP contribution < -0.4 is 10.9 Å². The molecule has 1 unspecified atom stereocenters. The Hall–Kier alpha value is -2.87. The molecule has 28 heavy (non-hydrogen) atoms. The van der Waals surface area contributed by atoms with Gasteiger partial charge in [-0.3, -0.25) is 25.4 Å². The molecule has 2 heterocycles. The first kappa shape index (κ1) is 19.9. The Balaban J connectivity index is 1.57. The molecule has 1 atom stereocenters. The molecule has 8 heteroatoms. The molecule has 0 radical (unpaired) electrons. The van der Waals surface area contributed by atoms with Gasteiger partial charge in [-0.25, -0.2) is 9.18 Å². The number of allylic oxidation sites excluding steroid dienone is 2. The van der Waals surface area contributed by atoms with E-state index in [1.807, 2.05) is 19.1 Å². The van der Waals surface area contributed by atoms with E-state index in [1.54, 1.807) is 42.3 Å². The van der Waals surface area contributed by atoms with Crippen molar-refractivity contribution in [1.29, 1.82) is 0 Å². The van der Waals surface area contributed by atoms with Crippen molar-refractivity contribution in [3.05, 3.63) is 54.0 Å². The van der Waals surface area contributed by atoms with Crippen LogP contribution in [0.1, 0.15) is 19.4 Å². The molecule has 2 aliphatic rings. The molecule has 2 aliphatic heterocycles. The summed E-state index contributed by atoms with van der Waals surface area (Å²) in [7, 11) is 0. The molecule has 3 amide bonds. The lowest BCUT2D eigenvalue weighted by molar-refractivity contribution is -0.130. The predicted octanol–water partition coefficient (Wildman–Crippen LogP) is 2.30. The topological polar surface area (TPSA) is 67.9 Å². The monoisotopic (exact) mass is 387 g/mol. The number of hydrogen-bond acceptors (Lipinski definition) is 4. The summed E-state index contributed by atoms with van der Waals surface area (Å²) < 4.78 is 14.9. The van der Waals surface area contributed by atoms with Crippen LogP contribution in [0.25, 0.3) is 0 Å². The standard InChI is InChI=1S/C20H26FN5O2/c1-15-6-3-4-9-26(15)20(28)23-22-18-8-5-7-17(19(18)21)14-24-10-12-25(13-11-24)16(2)27/h3-9,15,22H,10-14H2,1-2H3,(H,23,28). The molecular weight excluding hydrogens is 361 g/mol. The maximum absolute atomic E-state index is 14.9. The van der Waals surface area contributed by atoms with Crippen molar-refractivity contribution in [1.82, 2.24) is 20.1 Å². The number of urea groups is 1. The van der Waals surface area contributed by atoms with E-state index in [2.05, 4.69) is 15.8 Å². The highest BCUT2D eigenvalue weighted by Gasteiger charge is 2.21. The number of halogens is 1. The zero-order valence-electron chi connectivity index (χ0n) is 16.2. The van der Waals surface area contributed by atoms with Gasteiger partial charge in [0.2, 0.25) is 5.91 Å². The zero-order chi connectivity index (χ0) is 20.1. The second-order valence-corrected chi connectivity index (χ2v) is 6.99. The summed E-state index contributed by atoms with van der Waals surface area (Å²) >= 11 is 0. The van der Waals surface area contributed by atoms with Crippen LogP contribution in [-0.4, -0.2) is 58.9 Å². The summed E-state index contributed by atoms with van der Waals surface area (Å²) in [6, 6.07) is 4.64. The smallest absolute Gasteiger partial charge is 0.340 e. The molecule has 0 bridgehead atoms. The first-order valence-electron chi connectivity index (χ1n) is 9.40. The number of benzene rings is 1. The van der Waals surface area contributed by atoms with Gasteiger partial charge in [-0.2, -0.15) is 0 Å². The van der Waals surface area contributed by atoms with Crippen molar-refractivity contribution in [2.45, 2.75) is 26.4 Å². The average molecular weight is 387 g/mol. The van der Waals surface area contributed by atoms with Gasteiger partial charge in [-0.1, -0.05) is 24.3 Å². The normalized spacial score (nSPS) is 19.6. The zero-order valence-corrected chi connectivity index (χ0v) is 16.2. The molecule has 0 spiro atoms. The molecule has 0 saturated carbocycles. The molecule has 7 nitrogen and oxygen atoms in total. The minimum atomic E-state index is -0.390. The van der Waals surface area contributed by atoms with Gasteiger partial charge < -0.3 is 4.90 Å². The fourth-order valence-corrected chi connectivity index (χ4v) is 3.29. The number of rotatable bonds is 4. The lowest BCUT2D eigenvalue weighted by Gasteiger charge is -2.34. The minimum Gasteiger partial charge on any atom is -0.340 e. The fraction of sp³-hybridized carbons (Fsp3) is 0.400. The molecule has 2 N–H and O–H groups in total. The van der Waals surface area contributed by atoms with Gasteiger partial charge in [0.05, 0.1) is 11.7 Å². The number of hydrogen-bond donors (Lipinski definition) is 2. The van der Waals surface area contributed by atoms with E-state index in [-0.39, 0.29) is 29.5 Å². The molecule has 1 aromatic rings. The van der Waals surface area contributed by atoms with Crippen molar-refractivity contribution in [2.75, 3.05) is 31.6 Å². The minimum absolute atomic E-state index is 0.0705. The largest absolute Gasteiger partial charge is 0.340 e. The predicted molar refractivity (Wildman–Crippen MR) is 106 cm³/mol. The van der Waals surface area contributed by atoms with Gasteiger partial charge in [0.25, 0.3) is 0 Å². The molecule has 3 rings (SSSR count). The summed E-state index contributed by atoms with van der Waals surface area (Å²) in [5, 5.41) is 0. The van der Waals surface area contributed by atoms with E-state index in [0.29, 0.717) is 38.3 Å². The third-order valence-electron chi connectivity index (χ3n) is 5.02. The van der Waals surface area contributed by atoms with Crippen molar-refractivity contribution in [3.63, 3.8) is 0 Å². The first-order valence-corrected chi connectivity index (χ1v) is 9.40. The van der Waals surface area contributed by atoms with Crippen LogP contribution in [0.4, 0.5) is 14.9 Å². The maximum Gasteiger partial charge on any atom is 0.340 e. The fourth-order valence-electron chi connectivity index (χ4n) is 3.29. The number of nitrogens with zero attached hydrogens (tertiary/aromatic N) is 3. The highest BCUT2D eigenvalue weighted by Crippen LogP contribution is 2.20. The van der Waals surface area contributed by atoms with E-state index in [4.69, 9.17) is 0 Å². The second kappa shape index (κ2) is 8.88. The van der Waals surface area contributed by atoms with Crippen LogP contribution in [0.5, 0.6) is 0 Å². The summed E-state index contributed by atoms with van der Waals surface area (Å²) in [4.78, 5) is 29.1. The van der Waals surface area contributed by atoms with Crippen LogP contribution in [0.3, 0.4) is 0 Å². The number of anilines is 1. The van der Waals surface area contributed by atoms with Crippen molar-refractivity contribution < 1.29 is 14.0 Å². The number of nitrogens with one attached hydrogen (secondary N) is 2. The van der Waals surface area contributed by atoms with Crippen molar-refractivity contribution in [2.24, 2.45) is 0 Å². The first-order chi connectivity index (χ1) is 13.5. The third-order valence-corrected chi connectivity index (χ3v) is 5.02. The summed E-state index contributed by atoms with van der Waals surface area (Å²) in [6.45, 7) is 6.64. The molecule has 1 fully saturated rings. The number of carbonyl (C=O) groups excluding carboxylic acids is 2. The van der Waals surface area contributed by atoms with Gasteiger partial charge in [-0.05, 0) is 19.1 Å². The Morgan fingerprint density at radius 3 is 2.61 bits per heavy atom. The van der Waals surface area contributed by atoms with E-state index in [0.717, 1.165) is 0 Å². The summed E-state index contributed by atoms with van der Waals surface area (Å²) in [6.07, 6.45) is 7.22. The quantitative estimate of drug-likeness (QED) is 0.778. The van der Waals surface area contributed by atoms with Crippen LogP contribution in [0, 0.1) is 5.82 Å². The Kier molecular flexibility index (Phi) is 6.30. The molecule has 1 aromatic carbocycles. The molecule has 0 aromatic heterocycles. The van der Waals surface area contributed by atoms with Gasteiger partial charge in [-0.15, -0.1) is 0 Å². The molecular formula is C20H26FN5O2. The van der Waals surface area contributed by atoms with Crippen LogP contribution in [0.15, 0.2) is 42.6 Å². The lowest BCUT2D eigenvalue weighted by atomic mass is 10.1. The Labute approximate surface area is 164 Å². The number of piperazine rings is 1. The second-order valence-electron chi connectivity index (χ2n) is 6.99. The third kappa shape index (κ3) is 4.69. The highest BCUT2D eigenvalue weighted by atomic mass is 19.1. The number of carbonyl (C=O) groups is 2. The van der Waals surface area contributed by atoms with Crippen LogP contribution in [0.2, 0.25) is 0 Å². The van der Waals surface area contributed by atoms with Crippen LogP contribution in [-0.2, 0) is 11.3 Å². The summed E-state index contributed by atoms with van der Waals surface area (Å²) in [5.74, 6) is -0.319. The van der Waals surface area contributed by atoms with Crippen molar-refractivity contribution in [3.8, 4) is 0 Å². The Morgan fingerprint density at radius 1 is 1.18 bits per heavy atom. The van der Waals surface area contributed by atoms with Crippen LogP contribution >= 0.6 is 0 Å². The SMILES string of the molecule is CC(=O)N1CCN(Cc2cccc(NNC(=O)N3C=CC=CC3C)c2F)CC1. The van der Waals surface area contributed by atoms with Gasteiger partial charge in [0.1, 0.15) is 0 Å². The molecule has 0 aliphatic carbocycles. The lowest BCUT2D eigenvalue weighted by Crippen LogP contribution is -2.47. The Bertz CT molecular complexity index is 787. The Morgan fingerprint density at radius 2 is 1.93 bits per heavy atom. The number of hydrazine groups is 1. The van der Waals surface area contributed by atoms with Crippen molar-refractivity contribution >= 4 is 17.6 Å². The van der Waals surface area contributed by atoms with Gasteiger partial charge >= 0.3 is 6.03 Å². The van der Waals surface area contributed by atoms with E-state index < -0.39 is 0 Å². The van der Waals surface area contributed by atoms with E-state index in [1.165, 1.54) is 4.90 Å². The van der Waals surface area contributed by atoms with Gasteiger partial charge in [0.15, 0.2) is 5.82 Å². The summed E-state index contributed by atoms with van der Waals surface area (Å²) in [5.41, 5.74) is 5.99. The average Bonchev–Trinajstić information content (AvgIpc) is 2.69. The highest BCUT2D eigenvalue weighted by molar-refractivity contribution is 5.77.